The Morgan fingerprint density at radius 1 is 1.10 bits per heavy atom. The van der Waals surface area contributed by atoms with Gasteiger partial charge in [-0.05, 0) is 56.2 Å². The summed E-state index contributed by atoms with van der Waals surface area (Å²) in [6, 6.07) is 10.2. The monoisotopic (exact) mass is 427 g/mol. The molecule has 0 N–H and O–H groups in total. The van der Waals surface area contributed by atoms with Gasteiger partial charge in [0.1, 0.15) is 12.3 Å². The number of aromatic nitrogens is 1. The third kappa shape index (κ3) is 4.03. The molecule has 1 aromatic carbocycles. The molecular formula is C22H22ClN3O4. The zero-order valence-electron chi connectivity index (χ0n) is 16.6. The lowest BCUT2D eigenvalue weighted by atomic mass is 9.89. The largest absolute Gasteiger partial charge is 0.447 e. The summed E-state index contributed by atoms with van der Waals surface area (Å²) in [6.45, 7) is 3.23. The topological polar surface area (TPSA) is 79.8 Å². The van der Waals surface area contributed by atoms with Crippen LogP contribution in [0.5, 0.6) is 0 Å². The van der Waals surface area contributed by atoms with Crippen molar-refractivity contribution in [3.8, 4) is 0 Å². The number of ether oxygens (including phenoxy) is 1. The second-order valence-electron chi connectivity index (χ2n) is 7.64. The number of Topliss-reactive ketones (excluding diaryl/α,β-unsaturated/α-hetero) is 1. The molecule has 1 atom stereocenters. The fraction of sp³-hybridized carbons (Fsp3) is 0.364. The number of amides is 2. The molecule has 0 spiro atoms. The van der Waals surface area contributed by atoms with E-state index in [2.05, 4.69) is 4.98 Å². The number of pyridine rings is 1. The minimum absolute atomic E-state index is 0.0712. The molecule has 2 saturated heterocycles. The quantitative estimate of drug-likeness (QED) is 0.693. The van der Waals surface area contributed by atoms with E-state index in [1.54, 1.807) is 41.3 Å². The highest BCUT2D eigenvalue weighted by Gasteiger charge is 2.32. The van der Waals surface area contributed by atoms with Crippen LogP contribution in [0.4, 0.5) is 10.5 Å². The first-order chi connectivity index (χ1) is 14.4. The standard InChI is InChI=1S/C22H22ClN3O4/c1-14-13-30-22(29)26(14)18-6-7-19(24-12-18)21(28)25-10-8-16(9-11-25)20(27)15-2-4-17(23)5-3-15/h2-7,12,14,16H,8-11,13H2,1H3. The van der Waals surface area contributed by atoms with Gasteiger partial charge in [-0.15, -0.1) is 0 Å². The van der Waals surface area contributed by atoms with Crippen molar-refractivity contribution >= 4 is 35.1 Å². The number of ketones is 1. The molecule has 2 aliphatic heterocycles. The average Bonchev–Trinajstić information content (AvgIpc) is 3.11. The zero-order valence-corrected chi connectivity index (χ0v) is 17.3. The maximum absolute atomic E-state index is 12.8. The van der Waals surface area contributed by atoms with Gasteiger partial charge in [0.15, 0.2) is 5.78 Å². The molecule has 2 aromatic rings. The third-order valence-electron chi connectivity index (χ3n) is 5.61. The van der Waals surface area contributed by atoms with E-state index in [1.165, 1.54) is 11.1 Å². The Bertz CT molecular complexity index is 953. The first kappa shape index (κ1) is 20.3. The van der Waals surface area contributed by atoms with E-state index >= 15 is 0 Å². The number of halogens is 1. The number of hydrogen-bond donors (Lipinski definition) is 0. The fourth-order valence-corrected chi connectivity index (χ4v) is 4.01. The van der Waals surface area contributed by atoms with E-state index in [-0.39, 0.29) is 23.7 Å². The molecule has 8 heteroatoms. The van der Waals surface area contributed by atoms with Crippen molar-refractivity contribution < 1.29 is 19.1 Å². The van der Waals surface area contributed by atoms with Crippen molar-refractivity contribution in [2.45, 2.75) is 25.8 Å². The van der Waals surface area contributed by atoms with Gasteiger partial charge >= 0.3 is 6.09 Å². The predicted octanol–water partition coefficient (Wildman–Crippen LogP) is 3.82. The number of likely N-dealkylation sites (tertiary alicyclic amines) is 1. The molecule has 0 aliphatic carbocycles. The number of hydrogen-bond acceptors (Lipinski definition) is 5. The molecule has 3 heterocycles. The van der Waals surface area contributed by atoms with Gasteiger partial charge in [0, 0.05) is 29.6 Å². The average molecular weight is 428 g/mol. The molecule has 156 valence electrons. The third-order valence-corrected chi connectivity index (χ3v) is 5.86. The van der Waals surface area contributed by atoms with Gasteiger partial charge in [0.05, 0.1) is 17.9 Å². The second-order valence-corrected chi connectivity index (χ2v) is 8.07. The Hall–Kier alpha value is -2.93. The van der Waals surface area contributed by atoms with Crippen molar-refractivity contribution in [2.24, 2.45) is 5.92 Å². The number of cyclic esters (lactones) is 1. The van der Waals surface area contributed by atoms with Crippen LogP contribution in [0.1, 0.15) is 40.6 Å². The summed E-state index contributed by atoms with van der Waals surface area (Å²) in [7, 11) is 0. The van der Waals surface area contributed by atoms with Crippen LogP contribution in [0.2, 0.25) is 5.02 Å². The van der Waals surface area contributed by atoms with Gasteiger partial charge in [0.25, 0.3) is 5.91 Å². The van der Waals surface area contributed by atoms with Crippen LogP contribution in [0.25, 0.3) is 0 Å². The van der Waals surface area contributed by atoms with Gasteiger partial charge in [-0.2, -0.15) is 0 Å². The van der Waals surface area contributed by atoms with E-state index in [0.717, 1.165) is 0 Å². The summed E-state index contributed by atoms with van der Waals surface area (Å²) < 4.78 is 5.02. The summed E-state index contributed by atoms with van der Waals surface area (Å²) in [4.78, 5) is 44.8. The Labute approximate surface area is 179 Å². The lowest BCUT2D eigenvalue weighted by Gasteiger charge is -2.31. The lowest BCUT2D eigenvalue weighted by molar-refractivity contribution is 0.0645. The van der Waals surface area contributed by atoms with Gasteiger partial charge in [0.2, 0.25) is 0 Å². The van der Waals surface area contributed by atoms with Gasteiger partial charge in [-0.3, -0.25) is 14.5 Å². The van der Waals surface area contributed by atoms with E-state index in [1.807, 2.05) is 6.92 Å². The molecule has 1 aromatic heterocycles. The van der Waals surface area contributed by atoms with Gasteiger partial charge in [-0.25, -0.2) is 9.78 Å². The Balaban J connectivity index is 1.36. The summed E-state index contributed by atoms with van der Waals surface area (Å²) in [5, 5.41) is 0.599. The van der Waals surface area contributed by atoms with E-state index in [0.29, 0.717) is 54.5 Å². The van der Waals surface area contributed by atoms with Gasteiger partial charge < -0.3 is 9.64 Å². The number of nitrogens with zero attached hydrogens (tertiary/aromatic N) is 3. The highest BCUT2D eigenvalue weighted by Crippen LogP contribution is 2.25. The molecule has 4 rings (SSSR count). The predicted molar refractivity (Wildman–Crippen MR) is 112 cm³/mol. The smallest absolute Gasteiger partial charge is 0.414 e. The van der Waals surface area contributed by atoms with Crippen molar-refractivity contribution in [2.75, 3.05) is 24.6 Å². The van der Waals surface area contributed by atoms with E-state index in [9.17, 15) is 14.4 Å². The van der Waals surface area contributed by atoms with Crippen LogP contribution in [0, 0.1) is 5.92 Å². The lowest BCUT2D eigenvalue weighted by Crippen LogP contribution is -2.40. The summed E-state index contributed by atoms with van der Waals surface area (Å²) in [5.74, 6) is -0.183. The highest BCUT2D eigenvalue weighted by atomic mass is 35.5. The zero-order chi connectivity index (χ0) is 21.3. The van der Waals surface area contributed by atoms with Crippen molar-refractivity contribution in [3.05, 3.63) is 58.9 Å². The molecule has 2 aliphatic rings. The molecule has 0 bridgehead atoms. The Morgan fingerprint density at radius 3 is 2.37 bits per heavy atom. The number of carbonyl (C=O) groups excluding carboxylic acids is 3. The normalized spacial score (nSPS) is 19.7. The number of rotatable bonds is 4. The summed E-state index contributed by atoms with van der Waals surface area (Å²) in [5.41, 5.74) is 1.58. The first-order valence-electron chi connectivity index (χ1n) is 9.95. The van der Waals surface area contributed by atoms with Crippen molar-refractivity contribution in [1.82, 2.24) is 9.88 Å². The molecule has 2 fully saturated rings. The molecular weight excluding hydrogens is 406 g/mol. The number of carbonyl (C=O) groups is 3. The van der Waals surface area contributed by atoms with Crippen LogP contribution in [0.3, 0.4) is 0 Å². The Kier molecular flexibility index (Phi) is 5.72. The molecule has 1 unspecified atom stereocenters. The summed E-state index contributed by atoms with van der Waals surface area (Å²) in [6.07, 6.45) is 2.34. The van der Waals surface area contributed by atoms with E-state index in [4.69, 9.17) is 16.3 Å². The number of anilines is 1. The van der Waals surface area contributed by atoms with E-state index < -0.39 is 6.09 Å². The molecule has 7 nitrogen and oxygen atoms in total. The second kappa shape index (κ2) is 8.44. The summed E-state index contributed by atoms with van der Waals surface area (Å²) >= 11 is 5.89. The van der Waals surface area contributed by atoms with Gasteiger partial charge in [-0.1, -0.05) is 11.6 Å². The number of piperidine rings is 1. The molecule has 2 amide bonds. The minimum atomic E-state index is -0.407. The Morgan fingerprint density at radius 2 is 1.80 bits per heavy atom. The van der Waals surface area contributed by atoms with Crippen LogP contribution < -0.4 is 4.90 Å². The molecule has 0 saturated carbocycles. The highest BCUT2D eigenvalue weighted by molar-refractivity contribution is 6.30. The molecule has 30 heavy (non-hydrogen) atoms. The van der Waals surface area contributed by atoms with Crippen LogP contribution in [0.15, 0.2) is 42.6 Å². The van der Waals surface area contributed by atoms with Crippen molar-refractivity contribution in [3.63, 3.8) is 0 Å². The first-order valence-corrected chi connectivity index (χ1v) is 10.3. The van der Waals surface area contributed by atoms with Crippen LogP contribution in [-0.4, -0.2) is 53.4 Å². The maximum Gasteiger partial charge on any atom is 0.414 e. The fourth-order valence-electron chi connectivity index (χ4n) is 3.89. The SMILES string of the molecule is CC1COC(=O)N1c1ccc(C(=O)N2CCC(C(=O)c3ccc(Cl)cc3)CC2)nc1. The molecule has 0 radical (unpaired) electrons. The minimum Gasteiger partial charge on any atom is -0.447 e. The van der Waals surface area contributed by atoms with Crippen molar-refractivity contribution in [1.29, 1.82) is 0 Å². The van der Waals surface area contributed by atoms with Crippen LogP contribution >= 0.6 is 11.6 Å². The van der Waals surface area contributed by atoms with Crippen LogP contribution in [-0.2, 0) is 4.74 Å². The maximum atomic E-state index is 12.8. The number of benzene rings is 1.